The molecule has 1 aromatic carbocycles. The minimum absolute atomic E-state index is 0.122. The first-order chi connectivity index (χ1) is 15.3. The van der Waals surface area contributed by atoms with Gasteiger partial charge in [-0.3, -0.25) is 19.3 Å². The molecule has 0 saturated carbocycles. The van der Waals surface area contributed by atoms with Crippen molar-refractivity contribution in [1.82, 2.24) is 15.5 Å². The molecule has 2 atom stereocenters. The minimum atomic E-state index is -0.820. The molecule has 0 bridgehead atoms. The number of rotatable bonds is 10. The molecule has 2 rings (SSSR count). The van der Waals surface area contributed by atoms with Crippen molar-refractivity contribution >= 4 is 23.9 Å². The van der Waals surface area contributed by atoms with Crippen LogP contribution in [0.3, 0.4) is 0 Å². The van der Waals surface area contributed by atoms with Crippen LogP contribution in [0.2, 0.25) is 0 Å². The van der Waals surface area contributed by atoms with E-state index in [1.54, 1.807) is 6.92 Å². The summed E-state index contributed by atoms with van der Waals surface area (Å²) in [5, 5.41) is 5.26. The molecule has 176 valence electrons. The summed E-state index contributed by atoms with van der Waals surface area (Å²) in [6.07, 6.45) is 0.998. The first kappa shape index (κ1) is 25.2. The molecule has 0 aromatic heterocycles. The van der Waals surface area contributed by atoms with Gasteiger partial charge in [0.2, 0.25) is 11.8 Å². The Labute approximate surface area is 188 Å². The number of nitrogens with one attached hydrogen (secondary N) is 2. The second-order valence-electron chi connectivity index (χ2n) is 8.11. The van der Waals surface area contributed by atoms with Crippen LogP contribution < -0.4 is 10.6 Å². The van der Waals surface area contributed by atoms with Crippen LogP contribution in [0.5, 0.6) is 0 Å². The predicted molar refractivity (Wildman–Crippen MR) is 117 cm³/mol. The molecule has 1 saturated heterocycles. The van der Waals surface area contributed by atoms with Gasteiger partial charge in [0, 0.05) is 6.54 Å². The van der Waals surface area contributed by atoms with Crippen LogP contribution in [-0.4, -0.2) is 60.6 Å². The zero-order valence-electron chi connectivity index (χ0n) is 19.0. The van der Waals surface area contributed by atoms with E-state index in [1.165, 1.54) is 4.90 Å². The van der Waals surface area contributed by atoms with Crippen molar-refractivity contribution in [1.29, 1.82) is 0 Å². The first-order valence-electron chi connectivity index (χ1n) is 11.0. The van der Waals surface area contributed by atoms with E-state index in [4.69, 9.17) is 9.47 Å². The number of carbonyl (C=O) groups excluding carboxylic acids is 4. The van der Waals surface area contributed by atoms with Gasteiger partial charge in [0.05, 0.1) is 6.61 Å². The highest BCUT2D eigenvalue weighted by Crippen LogP contribution is 2.20. The summed E-state index contributed by atoms with van der Waals surface area (Å²) in [4.78, 5) is 51.0. The van der Waals surface area contributed by atoms with E-state index in [0.29, 0.717) is 25.8 Å². The summed E-state index contributed by atoms with van der Waals surface area (Å²) < 4.78 is 10.2. The van der Waals surface area contributed by atoms with E-state index in [9.17, 15) is 19.2 Å². The van der Waals surface area contributed by atoms with Crippen molar-refractivity contribution in [3.8, 4) is 0 Å². The third-order valence-electron chi connectivity index (χ3n) is 5.05. The maximum Gasteiger partial charge on any atom is 0.410 e. The summed E-state index contributed by atoms with van der Waals surface area (Å²) in [6.45, 7) is 6.03. The van der Waals surface area contributed by atoms with E-state index in [1.807, 2.05) is 44.2 Å². The molecular weight excluding hydrogens is 414 g/mol. The highest BCUT2D eigenvalue weighted by atomic mass is 16.6. The number of hydrogen-bond donors (Lipinski definition) is 2. The number of nitrogens with zero attached hydrogens (tertiary/aromatic N) is 1. The standard InChI is InChI=1S/C23H33N3O6/c1-4-31-20(27)14-24-21(28)18(13-16(2)3)25-22(29)19-11-8-12-26(19)23(30)32-15-17-9-6-5-7-10-17/h5-7,9-10,16,18-19H,4,8,11-15H2,1-3H3,(H,24,28)(H,25,29)/t18-,19+/m0/s1. The second kappa shape index (κ2) is 12.7. The van der Waals surface area contributed by atoms with Gasteiger partial charge >= 0.3 is 12.1 Å². The highest BCUT2D eigenvalue weighted by Gasteiger charge is 2.37. The fourth-order valence-corrected chi connectivity index (χ4v) is 3.53. The summed E-state index contributed by atoms with van der Waals surface area (Å²) in [7, 11) is 0. The number of hydrogen-bond acceptors (Lipinski definition) is 6. The van der Waals surface area contributed by atoms with Gasteiger partial charge in [0.15, 0.2) is 0 Å². The molecule has 1 fully saturated rings. The maximum absolute atomic E-state index is 12.9. The summed E-state index contributed by atoms with van der Waals surface area (Å²) in [5.74, 6) is -1.28. The predicted octanol–water partition coefficient (Wildman–Crippen LogP) is 2.00. The number of likely N-dealkylation sites (tertiary alicyclic amines) is 1. The average Bonchev–Trinajstić information content (AvgIpc) is 3.26. The van der Waals surface area contributed by atoms with Crippen molar-refractivity contribution in [3.63, 3.8) is 0 Å². The number of carbonyl (C=O) groups is 4. The van der Waals surface area contributed by atoms with Gasteiger partial charge in [-0.25, -0.2) is 4.79 Å². The lowest BCUT2D eigenvalue weighted by Gasteiger charge is -2.26. The number of esters is 1. The summed E-state index contributed by atoms with van der Waals surface area (Å²) in [6, 6.07) is 7.78. The lowest BCUT2D eigenvalue weighted by molar-refractivity contribution is -0.143. The number of benzene rings is 1. The fourth-order valence-electron chi connectivity index (χ4n) is 3.53. The summed E-state index contributed by atoms with van der Waals surface area (Å²) >= 11 is 0. The van der Waals surface area contributed by atoms with Gasteiger partial charge in [-0.15, -0.1) is 0 Å². The van der Waals surface area contributed by atoms with E-state index in [-0.39, 0.29) is 25.7 Å². The van der Waals surface area contributed by atoms with Gasteiger partial charge in [-0.2, -0.15) is 0 Å². The van der Waals surface area contributed by atoms with Gasteiger partial charge in [-0.1, -0.05) is 44.2 Å². The van der Waals surface area contributed by atoms with Crippen molar-refractivity contribution in [2.75, 3.05) is 19.7 Å². The molecule has 1 aromatic rings. The topological polar surface area (TPSA) is 114 Å². The van der Waals surface area contributed by atoms with Gasteiger partial charge in [-0.05, 0) is 37.7 Å². The zero-order valence-corrected chi connectivity index (χ0v) is 19.0. The minimum Gasteiger partial charge on any atom is -0.465 e. The molecule has 0 unspecified atom stereocenters. The Morgan fingerprint density at radius 1 is 1.12 bits per heavy atom. The number of amides is 3. The summed E-state index contributed by atoms with van der Waals surface area (Å²) in [5.41, 5.74) is 0.858. The average molecular weight is 448 g/mol. The van der Waals surface area contributed by atoms with Crippen LogP contribution in [0.15, 0.2) is 30.3 Å². The molecule has 9 heteroatoms. The van der Waals surface area contributed by atoms with Crippen LogP contribution in [0.25, 0.3) is 0 Å². The molecule has 0 spiro atoms. The molecule has 2 N–H and O–H groups in total. The Morgan fingerprint density at radius 2 is 1.84 bits per heavy atom. The maximum atomic E-state index is 12.9. The van der Waals surface area contributed by atoms with Crippen LogP contribution in [0.4, 0.5) is 4.79 Å². The fraction of sp³-hybridized carbons (Fsp3) is 0.565. The van der Waals surface area contributed by atoms with Crippen molar-refractivity contribution < 1.29 is 28.7 Å². The van der Waals surface area contributed by atoms with Gasteiger partial charge < -0.3 is 20.1 Å². The molecule has 1 aliphatic heterocycles. The van der Waals surface area contributed by atoms with Gasteiger partial charge in [0.25, 0.3) is 0 Å². The van der Waals surface area contributed by atoms with Gasteiger partial charge in [0.1, 0.15) is 25.2 Å². The quantitative estimate of drug-likeness (QED) is 0.530. The molecule has 32 heavy (non-hydrogen) atoms. The lowest BCUT2D eigenvalue weighted by Crippen LogP contribution is -2.54. The lowest BCUT2D eigenvalue weighted by atomic mass is 10.0. The monoisotopic (exact) mass is 447 g/mol. The molecule has 0 aliphatic carbocycles. The van der Waals surface area contributed by atoms with Crippen LogP contribution in [0, 0.1) is 5.92 Å². The van der Waals surface area contributed by atoms with Crippen LogP contribution in [-0.2, 0) is 30.5 Å². The second-order valence-corrected chi connectivity index (χ2v) is 8.11. The normalized spacial score (nSPS) is 16.4. The molecule has 1 heterocycles. The molecule has 0 radical (unpaired) electrons. The SMILES string of the molecule is CCOC(=O)CNC(=O)[C@H](CC(C)C)NC(=O)[C@H]1CCCN1C(=O)OCc1ccccc1. The Bertz CT molecular complexity index is 783. The molecule has 9 nitrogen and oxygen atoms in total. The Hall–Kier alpha value is -3.10. The van der Waals surface area contributed by atoms with E-state index < -0.39 is 36.0 Å². The third-order valence-corrected chi connectivity index (χ3v) is 5.05. The Balaban J connectivity index is 1.95. The molecule has 3 amide bonds. The van der Waals surface area contributed by atoms with E-state index in [2.05, 4.69) is 10.6 Å². The first-order valence-corrected chi connectivity index (χ1v) is 11.0. The number of ether oxygens (including phenoxy) is 2. The van der Waals surface area contributed by atoms with Crippen LogP contribution >= 0.6 is 0 Å². The van der Waals surface area contributed by atoms with Crippen molar-refractivity contribution in [2.24, 2.45) is 5.92 Å². The van der Waals surface area contributed by atoms with Crippen molar-refractivity contribution in [3.05, 3.63) is 35.9 Å². The third kappa shape index (κ3) is 7.86. The van der Waals surface area contributed by atoms with Crippen LogP contribution in [0.1, 0.15) is 45.6 Å². The van der Waals surface area contributed by atoms with Crippen molar-refractivity contribution in [2.45, 2.75) is 58.7 Å². The smallest absolute Gasteiger partial charge is 0.410 e. The van der Waals surface area contributed by atoms with E-state index in [0.717, 1.165) is 5.56 Å². The largest absolute Gasteiger partial charge is 0.465 e. The Kier molecular flexibility index (Phi) is 9.97. The highest BCUT2D eigenvalue weighted by molar-refractivity contribution is 5.92. The molecular formula is C23H33N3O6. The molecule has 1 aliphatic rings. The zero-order chi connectivity index (χ0) is 23.5. The Morgan fingerprint density at radius 3 is 2.50 bits per heavy atom. The van der Waals surface area contributed by atoms with E-state index >= 15 is 0 Å².